The van der Waals surface area contributed by atoms with E-state index in [9.17, 15) is 4.79 Å². The molecule has 0 aliphatic carbocycles. The Morgan fingerprint density at radius 3 is 2.63 bits per heavy atom. The first-order chi connectivity index (χ1) is 8.86. The number of anilines is 1. The van der Waals surface area contributed by atoms with Gasteiger partial charge in [0.2, 0.25) is 5.91 Å². The van der Waals surface area contributed by atoms with Crippen LogP contribution in [0.15, 0.2) is 30.6 Å². The number of aryl methyl sites for hydroxylation is 1. The maximum absolute atomic E-state index is 11.9. The lowest BCUT2D eigenvalue weighted by atomic mass is 9.95. The summed E-state index contributed by atoms with van der Waals surface area (Å²) in [7, 11) is 1.82. The van der Waals surface area contributed by atoms with Gasteiger partial charge < -0.3 is 5.32 Å². The summed E-state index contributed by atoms with van der Waals surface area (Å²) in [5.41, 5.74) is 1.22. The van der Waals surface area contributed by atoms with Gasteiger partial charge in [-0.15, -0.1) is 0 Å². The number of hydrogen-bond acceptors (Lipinski definition) is 3. The Morgan fingerprint density at radius 2 is 2.05 bits per heavy atom. The molecule has 0 saturated heterocycles. The third-order valence-corrected chi connectivity index (χ3v) is 2.66. The molecule has 0 unspecified atom stereocenters. The van der Waals surface area contributed by atoms with Crippen LogP contribution in [0.4, 0.5) is 5.69 Å². The monoisotopic (exact) mass is 258 g/mol. The van der Waals surface area contributed by atoms with Gasteiger partial charge in [-0.25, -0.2) is 4.98 Å². The average molecular weight is 258 g/mol. The number of aromatic nitrogens is 3. The summed E-state index contributed by atoms with van der Waals surface area (Å²) in [6.07, 6.45) is 1.65. The zero-order valence-corrected chi connectivity index (χ0v) is 11.6. The van der Waals surface area contributed by atoms with Crippen molar-refractivity contribution in [3.05, 3.63) is 30.6 Å². The predicted molar refractivity (Wildman–Crippen MR) is 74.5 cm³/mol. The molecule has 19 heavy (non-hydrogen) atoms. The highest BCUT2D eigenvalue weighted by molar-refractivity contribution is 5.94. The smallest absolute Gasteiger partial charge is 0.229 e. The van der Waals surface area contributed by atoms with Crippen molar-refractivity contribution in [2.75, 3.05) is 5.32 Å². The summed E-state index contributed by atoms with van der Waals surface area (Å²) in [5, 5.41) is 7.14. The van der Waals surface area contributed by atoms with Gasteiger partial charge in [0.25, 0.3) is 0 Å². The second-order valence-corrected chi connectivity index (χ2v) is 5.53. The molecule has 5 heteroatoms. The van der Waals surface area contributed by atoms with Crippen LogP contribution in [0.2, 0.25) is 0 Å². The summed E-state index contributed by atoms with van der Waals surface area (Å²) in [6, 6.07) is 7.53. The van der Waals surface area contributed by atoms with Gasteiger partial charge in [0, 0.05) is 23.7 Å². The molecule has 0 fully saturated rings. The number of amides is 1. The number of hydrogen-bond donors (Lipinski definition) is 1. The van der Waals surface area contributed by atoms with E-state index in [1.165, 1.54) is 0 Å². The van der Waals surface area contributed by atoms with Crippen molar-refractivity contribution in [3.63, 3.8) is 0 Å². The predicted octanol–water partition coefficient (Wildman–Crippen LogP) is 2.47. The largest absolute Gasteiger partial charge is 0.326 e. The first-order valence-corrected chi connectivity index (χ1v) is 6.14. The Labute approximate surface area is 112 Å². The number of nitrogens with one attached hydrogen (secondary N) is 1. The summed E-state index contributed by atoms with van der Waals surface area (Å²) in [6.45, 7) is 5.64. The lowest BCUT2D eigenvalue weighted by Crippen LogP contribution is -2.27. The Balaban J connectivity index is 2.23. The lowest BCUT2D eigenvalue weighted by Gasteiger charge is -2.17. The molecule has 1 aromatic heterocycles. The van der Waals surface area contributed by atoms with Crippen LogP contribution in [-0.4, -0.2) is 20.7 Å². The molecule has 1 heterocycles. The second kappa shape index (κ2) is 4.84. The molecule has 100 valence electrons. The fourth-order valence-electron chi connectivity index (χ4n) is 1.53. The van der Waals surface area contributed by atoms with Crippen molar-refractivity contribution in [1.29, 1.82) is 0 Å². The maximum Gasteiger partial charge on any atom is 0.229 e. The van der Waals surface area contributed by atoms with Crippen molar-refractivity contribution in [2.45, 2.75) is 20.8 Å². The Hall–Kier alpha value is -2.17. The van der Waals surface area contributed by atoms with E-state index in [2.05, 4.69) is 15.4 Å². The van der Waals surface area contributed by atoms with E-state index in [1.807, 2.05) is 52.1 Å². The van der Waals surface area contributed by atoms with Crippen LogP contribution in [-0.2, 0) is 11.8 Å². The molecule has 2 aromatic rings. The molecule has 1 aromatic carbocycles. The van der Waals surface area contributed by atoms with Crippen LogP contribution in [0.25, 0.3) is 11.4 Å². The van der Waals surface area contributed by atoms with Crippen LogP contribution < -0.4 is 5.32 Å². The van der Waals surface area contributed by atoms with E-state index in [4.69, 9.17) is 0 Å². The van der Waals surface area contributed by atoms with Crippen LogP contribution in [0.5, 0.6) is 0 Å². The Morgan fingerprint density at radius 1 is 1.32 bits per heavy atom. The van der Waals surface area contributed by atoms with E-state index in [-0.39, 0.29) is 5.91 Å². The SMILES string of the molecule is Cn1cnc(-c2cccc(NC(=O)C(C)(C)C)c2)n1. The van der Waals surface area contributed by atoms with E-state index < -0.39 is 5.41 Å². The van der Waals surface area contributed by atoms with Gasteiger partial charge in [-0.2, -0.15) is 5.10 Å². The minimum atomic E-state index is -0.417. The fraction of sp³-hybridized carbons (Fsp3) is 0.357. The molecule has 0 aliphatic heterocycles. The summed E-state index contributed by atoms with van der Waals surface area (Å²) in [5.74, 6) is 0.632. The number of carbonyl (C=O) groups excluding carboxylic acids is 1. The Kier molecular flexibility index (Phi) is 3.38. The van der Waals surface area contributed by atoms with E-state index in [1.54, 1.807) is 11.0 Å². The molecule has 1 amide bonds. The minimum Gasteiger partial charge on any atom is -0.326 e. The van der Waals surface area contributed by atoms with Gasteiger partial charge in [-0.3, -0.25) is 9.48 Å². The fourth-order valence-corrected chi connectivity index (χ4v) is 1.53. The normalized spacial score (nSPS) is 11.4. The van der Waals surface area contributed by atoms with Gasteiger partial charge in [0.05, 0.1) is 0 Å². The average Bonchev–Trinajstić information content (AvgIpc) is 2.75. The molecule has 0 radical (unpaired) electrons. The van der Waals surface area contributed by atoms with Gasteiger partial charge in [-0.1, -0.05) is 32.9 Å². The van der Waals surface area contributed by atoms with Crippen molar-refractivity contribution in [3.8, 4) is 11.4 Å². The molecule has 0 bridgehead atoms. The summed E-state index contributed by atoms with van der Waals surface area (Å²) >= 11 is 0. The van der Waals surface area contributed by atoms with Crippen LogP contribution >= 0.6 is 0 Å². The van der Waals surface area contributed by atoms with Gasteiger partial charge >= 0.3 is 0 Å². The van der Waals surface area contributed by atoms with E-state index in [0.29, 0.717) is 5.82 Å². The molecular formula is C14H18N4O. The zero-order chi connectivity index (χ0) is 14.0. The lowest BCUT2D eigenvalue weighted by molar-refractivity contribution is -0.123. The minimum absolute atomic E-state index is 0.0152. The third kappa shape index (κ3) is 3.19. The zero-order valence-electron chi connectivity index (χ0n) is 11.6. The number of rotatable bonds is 2. The highest BCUT2D eigenvalue weighted by Crippen LogP contribution is 2.21. The molecule has 5 nitrogen and oxygen atoms in total. The number of nitrogens with zero attached hydrogens (tertiary/aromatic N) is 3. The first kappa shape index (κ1) is 13.3. The van der Waals surface area contributed by atoms with Crippen molar-refractivity contribution in [2.24, 2.45) is 12.5 Å². The first-order valence-electron chi connectivity index (χ1n) is 6.14. The molecule has 0 atom stereocenters. The second-order valence-electron chi connectivity index (χ2n) is 5.53. The van der Waals surface area contributed by atoms with Crippen LogP contribution in [0.1, 0.15) is 20.8 Å². The van der Waals surface area contributed by atoms with Gasteiger partial charge in [0.15, 0.2) is 5.82 Å². The quantitative estimate of drug-likeness (QED) is 0.900. The van der Waals surface area contributed by atoms with Crippen LogP contribution in [0, 0.1) is 5.41 Å². The topological polar surface area (TPSA) is 59.8 Å². The summed E-state index contributed by atoms with van der Waals surface area (Å²) < 4.78 is 1.65. The number of benzene rings is 1. The van der Waals surface area contributed by atoms with Gasteiger partial charge in [0.1, 0.15) is 6.33 Å². The third-order valence-electron chi connectivity index (χ3n) is 2.66. The molecular weight excluding hydrogens is 240 g/mol. The van der Waals surface area contributed by atoms with E-state index >= 15 is 0 Å². The highest BCUT2D eigenvalue weighted by atomic mass is 16.2. The highest BCUT2D eigenvalue weighted by Gasteiger charge is 2.21. The number of carbonyl (C=O) groups is 1. The standard InChI is InChI=1S/C14H18N4O/c1-14(2,3)13(19)16-11-7-5-6-10(8-11)12-15-9-18(4)17-12/h5-9H,1-4H3,(H,16,19). The maximum atomic E-state index is 11.9. The molecule has 0 aliphatic rings. The molecule has 0 saturated carbocycles. The van der Waals surface area contributed by atoms with Crippen molar-refractivity contribution >= 4 is 11.6 Å². The van der Waals surface area contributed by atoms with Gasteiger partial charge in [-0.05, 0) is 12.1 Å². The van der Waals surface area contributed by atoms with E-state index in [0.717, 1.165) is 11.3 Å². The van der Waals surface area contributed by atoms with Crippen LogP contribution in [0.3, 0.4) is 0 Å². The molecule has 1 N–H and O–H groups in total. The summed E-state index contributed by atoms with van der Waals surface area (Å²) in [4.78, 5) is 16.1. The molecule has 0 spiro atoms. The van der Waals surface area contributed by atoms with Crippen molar-refractivity contribution < 1.29 is 4.79 Å². The molecule has 2 rings (SSSR count). The Bertz CT molecular complexity index is 595. The van der Waals surface area contributed by atoms with Crippen molar-refractivity contribution in [1.82, 2.24) is 14.8 Å².